The molecule has 0 rings (SSSR count). The van der Waals surface area contributed by atoms with Crippen LogP contribution in [0.15, 0.2) is 0 Å². The molecule has 2 heteroatoms. The highest BCUT2D eigenvalue weighted by molar-refractivity contribution is 4.65. The van der Waals surface area contributed by atoms with Crippen molar-refractivity contribution in [2.75, 3.05) is 20.3 Å². The fraction of sp³-hybridized carbons (Fsp3) is 1.00. The molecule has 1 N–H and O–H groups in total. The quantitative estimate of drug-likeness (QED) is 0.565. The van der Waals surface area contributed by atoms with E-state index in [9.17, 15) is 0 Å². The molecule has 0 unspecified atom stereocenters. The van der Waals surface area contributed by atoms with Crippen LogP contribution in [0, 0.1) is 5.92 Å². The molecule has 2 nitrogen and oxygen atoms in total. The zero-order valence-corrected chi connectivity index (χ0v) is 11.0. The Balaban J connectivity index is 3.30. The van der Waals surface area contributed by atoms with Crippen LogP contribution < -0.4 is 5.32 Å². The van der Waals surface area contributed by atoms with Gasteiger partial charge in [-0.05, 0) is 25.8 Å². The number of unbranched alkanes of at least 4 members (excludes halogenated alkanes) is 3. The first-order valence-electron chi connectivity index (χ1n) is 6.45. The second kappa shape index (κ2) is 10.4. The van der Waals surface area contributed by atoms with Crippen molar-refractivity contribution in [1.82, 2.24) is 5.32 Å². The van der Waals surface area contributed by atoms with Crippen molar-refractivity contribution < 1.29 is 4.74 Å². The highest BCUT2D eigenvalue weighted by Crippen LogP contribution is 2.05. The van der Waals surface area contributed by atoms with Crippen LogP contribution >= 0.6 is 0 Å². The van der Waals surface area contributed by atoms with Crippen molar-refractivity contribution in [3.63, 3.8) is 0 Å². The fourth-order valence-corrected chi connectivity index (χ4v) is 1.69. The summed E-state index contributed by atoms with van der Waals surface area (Å²) in [6.07, 6.45) is 6.36. The first kappa shape index (κ1) is 14.9. The third kappa shape index (κ3) is 10.2. The molecule has 0 bridgehead atoms. The summed E-state index contributed by atoms with van der Waals surface area (Å²) in [5.41, 5.74) is 0. The maximum Gasteiger partial charge on any atom is 0.0619 e. The van der Waals surface area contributed by atoms with E-state index >= 15 is 0 Å². The van der Waals surface area contributed by atoms with Crippen LogP contribution in [0.25, 0.3) is 0 Å². The molecule has 0 aromatic carbocycles. The van der Waals surface area contributed by atoms with Crippen LogP contribution in [0.3, 0.4) is 0 Å². The minimum Gasteiger partial charge on any atom is -0.380 e. The summed E-state index contributed by atoms with van der Waals surface area (Å²) < 4.78 is 5.67. The van der Waals surface area contributed by atoms with E-state index in [1.165, 1.54) is 32.1 Å². The van der Waals surface area contributed by atoms with E-state index in [1.807, 2.05) is 7.05 Å². The first-order valence-corrected chi connectivity index (χ1v) is 6.45. The molecule has 92 valence electrons. The molecule has 1 atom stereocenters. The Labute approximate surface area is 95.8 Å². The molecule has 0 aliphatic carbocycles. The molecule has 0 aromatic heterocycles. The van der Waals surface area contributed by atoms with Gasteiger partial charge >= 0.3 is 0 Å². The monoisotopic (exact) mass is 215 g/mol. The molecule has 0 saturated heterocycles. The Kier molecular flexibility index (Phi) is 10.4. The van der Waals surface area contributed by atoms with Gasteiger partial charge in [-0.15, -0.1) is 0 Å². The van der Waals surface area contributed by atoms with Crippen LogP contribution in [0.4, 0.5) is 0 Å². The number of rotatable bonds is 10. The standard InChI is InChI=1S/C13H29NO/c1-5-6-7-8-9-15-11-13(14-4)10-12(2)3/h12-14H,5-11H2,1-4H3/t13-/m1/s1. The average Bonchev–Trinajstić information content (AvgIpc) is 2.20. The van der Waals surface area contributed by atoms with Gasteiger partial charge in [0, 0.05) is 12.6 Å². The fourth-order valence-electron chi connectivity index (χ4n) is 1.69. The minimum absolute atomic E-state index is 0.524. The maximum absolute atomic E-state index is 5.67. The SMILES string of the molecule is CCCCCCOC[C@@H](CC(C)C)NC. The molecule has 0 spiro atoms. The average molecular weight is 215 g/mol. The topological polar surface area (TPSA) is 21.3 Å². The Morgan fingerprint density at radius 2 is 1.87 bits per heavy atom. The smallest absolute Gasteiger partial charge is 0.0619 e. The molecule has 0 amide bonds. The van der Waals surface area contributed by atoms with Gasteiger partial charge in [-0.25, -0.2) is 0 Å². The third-order valence-corrected chi connectivity index (χ3v) is 2.63. The van der Waals surface area contributed by atoms with E-state index in [-0.39, 0.29) is 0 Å². The molecular formula is C13H29NO. The van der Waals surface area contributed by atoms with E-state index < -0.39 is 0 Å². The van der Waals surface area contributed by atoms with Gasteiger partial charge in [-0.3, -0.25) is 0 Å². The van der Waals surface area contributed by atoms with Crippen molar-refractivity contribution in [2.45, 2.75) is 58.9 Å². The molecule has 0 radical (unpaired) electrons. The first-order chi connectivity index (χ1) is 7.20. The van der Waals surface area contributed by atoms with E-state index in [4.69, 9.17) is 4.74 Å². The van der Waals surface area contributed by atoms with Gasteiger partial charge in [-0.1, -0.05) is 40.0 Å². The molecular weight excluding hydrogens is 186 g/mol. The second-order valence-electron chi connectivity index (χ2n) is 4.75. The lowest BCUT2D eigenvalue weighted by atomic mass is 10.0. The summed E-state index contributed by atoms with van der Waals surface area (Å²) in [7, 11) is 2.02. The normalized spacial score (nSPS) is 13.4. The highest BCUT2D eigenvalue weighted by Gasteiger charge is 2.07. The number of likely N-dealkylation sites (N-methyl/N-ethyl adjacent to an activating group) is 1. The zero-order chi connectivity index (χ0) is 11.5. The van der Waals surface area contributed by atoms with Gasteiger partial charge in [-0.2, -0.15) is 0 Å². The van der Waals surface area contributed by atoms with Crippen LogP contribution in [-0.4, -0.2) is 26.3 Å². The highest BCUT2D eigenvalue weighted by atomic mass is 16.5. The maximum atomic E-state index is 5.67. The molecule has 0 heterocycles. The van der Waals surface area contributed by atoms with E-state index in [0.29, 0.717) is 6.04 Å². The van der Waals surface area contributed by atoms with E-state index in [2.05, 4.69) is 26.1 Å². The minimum atomic E-state index is 0.524. The largest absolute Gasteiger partial charge is 0.380 e. The second-order valence-corrected chi connectivity index (χ2v) is 4.75. The predicted octanol–water partition coefficient (Wildman–Crippen LogP) is 3.22. The summed E-state index contributed by atoms with van der Waals surface area (Å²) in [6, 6.07) is 0.524. The van der Waals surface area contributed by atoms with Crippen LogP contribution in [0.2, 0.25) is 0 Å². The Bertz CT molecular complexity index is 126. The van der Waals surface area contributed by atoms with Gasteiger partial charge in [0.15, 0.2) is 0 Å². The summed E-state index contributed by atoms with van der Waals surface area (Å²) >= 11 is 0. The predicted molar refractivity (Wildman–Crippen MR) is 67.3 cm³/mol. The lowest BCUT2D eigenvalue weighted by Gasteiger charge is -2.18. The molecule has 0 fully saturated rings. The third-order valence-electron chi connectivity index (χ3n) is 2.63. The van der Waals surface area contributed by atoms with E-state index in [0.717, 1.165) is 19.1 Å². The Hall–Kier alpha value is -0.0800. The molecule has 15 heavy (non-hydrogen) atoms. The van der Waals surface area contributed by atoms with Crippen LogP contribution in [-0.2, 0) is 4.74 Å². The Morgan fingerprint density at radius 1 is 1.13 bits per heavy atom. The van der Waals surface area contributed by atoms with Gasteiger partial charge in [0.2, 0.25) is 0 Å². The lowest BCUT2D eigenvalue weighted by molar-refractivity contribution is 0.104. The molecule has 0 aliphatic heterocycles. The van der Waals surface area contributed by atoms with E-state index in [1.54, 1.807) is 0 Å². The molecule has 0 aromatic rings. The number of nitrogens with one attached hydrogen (secondary N) is 1. The molecule has 0 saturated carbocycles. The van der Waals surface area contributed by atoms with Gasteiger partial charge < -0.3 is 10.1 Å². The van der Waals surface area contributed by atoms with Gasteiger partial charge in [0.1, 0.15) is 0 Å². The van der Waals surface area contributed by atoms with Gasteiger partial charge in [0.05, 0.1) is 6.61 Å². The number of ether oxygens (including phenoxy) is 1. The Morgan fingerprint density at radius 3 is 2.40 bits per heavy atom. The van der Waals surface area contributed by atoms with Crippen LogP contribution in [0.1, 0.15) is 52.9 Å². The lowest BCUT2D eigenvalue weighted by Crippen LogP contribution is -2.31. The van der Waals surface area contributed by atoms with Crippen LogP contribution in [0.5, 0.6) is 0 Å². The van der Waals surface area contributed by atoms with Gasteiger partial charge in [0.25, 0.3) is 0 Å². The zero-order valence-electron chi connectivity index (χ0n) is 11.0. The van der Waals surface area contributed by atoms with Crippen molar-refractivity contribution in [2.24, 2.45) is 5.92 Å². The molecule has 0 aliphatic rings. The summed E-state index contributed by atoms with van der Waals surface area (Å²) in [6.45, 7) is 8.54. The summed E-state index contributed by atoms with van der Waals surface area (Å²) in [4.78, 5) is 0. The van der Waals surface area contributed by atoms with Crippen molar-refractivity contribution >= 4 is 0 Å². The number of hydrogen-bond acceptors (Lipinski definition) is 2. The summed E-state index contributed by atoms with van der Waals surface area (Å²) in [5, 5.41) is 3.31. The van der Waals surface area contributed by atoms with Crippen molar-refractivity contribution in [3.05, 3.63) is 0 Å². The van der Waals surface area contributed by atoms with Crippen molar-refractivity contribution in [1.29, 1.82) is 0 Å². The number of hydrogen-bond donors (Lipinski definition) is 1. The summed E-state index contributed by atoms with van der Waals surface area (Å²) in [5.74, 6) is 0.742. The van der Waals surface area contributed by atoms with Crippen molar-refractivity contribution in [3.8, 4) is 0 Å².